The Balaban J connectivity index is 4.11. The van der Waals surface area contributed by atoms with E-state index in [9.17, 15) is 13.5 Å². The summed E-state index contributed by atoms with van der Waals surface area (Å²) in [5, 5.41) is 12.8. The van der Waals surface area contributed by atoms with Crippen LogP contribution in [0, 0.1) is 0 Å². The summed E-state index contributed by atoms with van der Waals surface area (Å²) in [4.78, 5) is 0. The molecule has 0 aromatic carbocycles. The van der Waals surface area contributed by atoms with E-state index in [-0.39, 0.29) is 12.3 Å². The van der Waals surface area contributed by atoms with Gasteiger partial charge < -0.3 is 10.4 Å². The van der Waals surface area contributed by atoms with Gasteiger partial charge in [-0.25, -0.2) is 12.7 Å². The maximum atomic E-state index is 11.8. The zero-order valence-electron chi connectivity index (χ0n) is 11.5. The number of hydrogen-bond donors (Lipinski definition) is 2. The highest BCUT2D eigenvalue weighted by molar-refractivity contribution is 7.89. The molecule has 104 valence electrons. The molecule has 0 radical (unpaired) electrons. The Labute approximate surface area is 105 Å². The minimum atomic E-state index is -3.26. The molecule has 0 aromatic rings. The molecule has 0 unspecified atom stereocenters. The van der Waals surface area contributed by atoms with Crippen LogP contribution in [0.4, 0.5) is 0 Å². The van der Waals surface area contributed by atoms with Gasteiger partial charge in [0.05, 0.1) is 11.4 Å². The Morgan fingerprint density at radius 2 is 1.88 bits per heavy atom. The van der Waals surface area contributed by atoms with Crippen LogP contribution in [0.1, 0.15) is 34.1 Å². The number of aliphatic hydroxyl groups is 1. The highest BCUT2D eigenvalue weighted by Crippen LogP contribution is 2.08. The monoisotopic (exact) mass is 266 g/mol. The minimum Gasteiger partial charge on any atom is -0.389 e. The Hall–Kier alpha value is -0.170. The first kappa shape index (κ1) is 16.8. The second-order valence-corrected chi connectivity index (χ2v) is 7.54. The van der Waals surface area contributed by atoms with E-state index in [4.69, 9.17) is 0 Å². The smallest absolute Gasteiger partial charge is 0.213 e. The zero-order chi connectivity index (χ0) is 13.7. The number of nitrogens with zero attached hydrogens (tertiary/aromatic N) is 1. The fraction of sp³-hybridized carbons (Fsp3) is 1.00. The van der Waals surface area contributed by atoms with Crippen LogP contribution >= 0.6 is 0 Å². The molecule has 17 heavy (non-hydrogen) atoms. The third kappa shape index (κ3) is 8.54. The first-order valence-electron chi connectivity index (χ1n) is 5.94. The molecule has 0 aliphatic rings. The standard InChI is InChI=1S/C11H26N2O3S/c1-10(2)12-7-6-8-17(15,16)13(5)9-11(3,4)14/h10,12,14H,6-9H2,1-5H3. The largest absolute Gasteiger partial charge is 0.389 e. The van der Waals surface area contributed by atoms with Crippen molar-refractivity contribution in [2.75, 3.05) is 25.9 Å². The van der Waals surface area contributed by atoms with Gasteiger partial charge in [0.2, 0.25) is 10.0 Å². The summed E-state index contributed by atoms with van der Waals surface area (Å²) in [5.41, 5.74) is -1.00. The minimum absolute atomic E-state index is 0.110. The van der Waals surface area contributed by atoms with E-state index < -0.39 is 15.6 Å². The normalized spacial score (nSPS) is 13.6. The second kappa shape index (κ2) is 6.68. The van der Waals surface area contributed by atoms with Crippen molar-refractivity contribution in [1.82, 2.24) is 9.62 Å². The predicted octanol–water partition coefficient (Wildman–Crippen LogP) is 0.407. The van der Waals surface area contributed by atoms with Gasteiger partial charge in [-0.3, -0.25) is 0 Å². The predicted molar refractivity (Wildman–Crippen MR) is 70.5 cm³/mol. The van der Waals surface area contributed by atoms with Gasteiger partial charge in [0, 0.05) is 19.6 Å². The molecule has 0 amide bonds. The summed E-state index contributed by atoms with van der Waals surface area (Å²) < 4.78 is 24.9. The van der Waals surface area contributed by atoms with Crippen molar-refractivity contribution in [2.45, 2.75) is 45.8 Å². The van der Waals surface area contributed by atoms with Gasteiger partial charge in [-0.15, -0.1) is 0 Å². The topological polar surface area (TPSA) is 69.6 Å². The van der Waals surface area contributed by atoms with Gasteiger partial charge in [-0.05, 0) is 26.8 Å². The van der Waals surface area contributed by atoms with E-state index in [1.165, 1.54) is 11.4 Å². The SMILES string of the molecule is CC(C)NCCCS(=O)(=O)N(C)CC(C)(C)O. The van der Waals surface area contributed by atoms with Gasteiger partial charge in [0.1, 0.15) is 0 Å². The van der Waals surface area contributed by atoms with Crippen molar-refractivity contribution in [1.29, 1.82) is 0 Å². The van der Waals surface area contributed by atoms with Crippen molar-refractivity contribution >= 4 is 10.0 Å². The lowest BCUT2D eigenvalue weighted by Crippen LogP contribution is -2.41. The Bertz CT molecular complexity index is 307. The lowest BCUT2D eigenvalue weighted by Gasteiger charge is -2.25. The summed E-state index contributed by atoms with van der Waals surface area (Å²) in [6, 6.07) is 0.367. The van der Waals surface area contributed by atoms with E-state index in [1.54, 1.807) is 13.8 Å². The molecule has 0 rings (SSSR count). The number of rotatable bonds is 8. The molecule has 0 bridgehead atoms. The number of nitrogens with one attached hydrogen (secondary N) is 1. The fourth-order valence-electron chi connectivity index (χ4n) is 1.44. The molecule has 0 atom stereocenters. The van der Waals surface area contributed by atoms with Gasteiger partial charge in [0.25, 0.3) is 0 Å². The molecule has 0 aromatic heterocycles. The highest BCUT2D eigenvalue weighted by atomic mass is 32.2. The van der Waals surface area contributed by atoms with Crippen LogP contribution in [0.2, 0.25) is 0 Å². The van der Waals surface area contributed by atoms with Crippen LogP contribution in [0.15, 0.2) is 0 Å². The van der Waals surface area contributed by atoms with E-state index in [0.717, 1.165) is 0 Å². The molecular weight excluding hydrogens is 240 g/mol. The quantitative estimate of drug-likeness (QED) is 0.624. The van der Waals surface area contributed by atoms with Crippen LogP contribution in [0.5, 0.6) is 0 Å². The van der Waals surface area contributed by atoms with E-state index in [2.05, 4.69) is 5.32 Å². The lowest BCUT2D eigenvalue weighted by atomic mass is 10.1. The summed E-state index contributed by atoms with van der Waals surface area (Å²) in [6.07, 6.45) is 0.580. The fourth-order valence-corrected chi connectivity index (χ4v) is 2.78. The van der Waals surface area contributed by atoms with Gasteiger partial charge >= 0.3 is 0 Å². The van der Waals surface area contributed by atoms with Crippen LogP contribution in [-0.2, 0) is 10.0 Å². The van der Waals surface area contributed by atoms with Crippen molar-refractivity contribution in [2.24, 2.45) is 0 Å². The molecule has 0 saturated carbocycles. The average Bonchev–Trinajstić information content (AvgIpc) is 2.09. The van der Waals surface area contributed by atoms with Gasteiger partial charge in [-0.2, -0.15) is 0 Å². The van der Waals surface area contributed by atoms with Gasteiger partial charge in [0.15, 0.2) is 0 Å². The molecule has 0 fully saturated rings. The Morgan fingerprint density at radius 3 is 2.29 bits per heavy atom. The van der Waals surface area contributed by atoms with Crippen LogP contribution < -0.4 is 5.32 Å². The van der Waals surface area contributed by atoms with Crippen molar-refractivity contribution in [3.05, 3.63) is 0 Å². The molecule has 0 aliphatic carbocycles. The maximum absolute atomic E-state index is 11.8. The third-order valence-electron chi connectivity index (χ3n) is 2.22. The van der Waals surface area contributed by atoms with Gasteiger partial charge in [-0.1, -0.05) is 13.8 Å². The number of hydrogen-bond acceptors (Lipinski definition) is 4. The third-order valence-corrected chi connectivity index (χ3v) is 4.10. The average molecular weight is 266 g/mol. The van der Waals surface area contributed by atoms with Crippen LogP contribution in [0.25, 0.3) is 0 Å². The van der Waals surface area contributed by atoms with Crippen molar-refractivity contribution in [3.63, 3.8) is 0 Å². The number of sulfonamides is 1. The lowest BCUT2D eigenvalue weighted by molar-refractivity contribution is 0.0640. The molecule has 0 aliphatic heterocycles. The molecule has 5 nitrogen and oxygen atoms in total. The molecule has 0 spiro atoms. The first-order chi connectivity index (χ1) is 7.54. The Morgan fingerprint density at radius 1 is 1.35 bits per heavy atom. The van der Waals surface area contributed by atoms with E-state index in [1.807, 2.05) is 13.8 Å². The summed E-state index contributed by atoms with van der Waals surface area (Å²) in [5.74, 6) is 0.110. The number of likely N-dealkylation sites (N-methyl/N-ethyl adjacent to an activating group) is 1. The second-order valence-electron chi connectivity index (χ2n) is 5.35. The maximum Gasteiger partial charge on any atom is 0.213 e. The summed E-state index contributed by atoms with van der Waals surface area (Å²) >= 11 is 0. The highest BCUT2D eigenvalue weighted by Gasteiger charge is 2.24. The zero-order valence-corrected chi connectivity index (χ0v) is 12.3. The molecule has 0 heterocycles. The van der Waals surface area contributed by atoms with Crippen molar-refractivity contribution in [3.8, 4) is 0 Å². The molecule has 2 N–H and O–H groups in total. The van der Waals surface area contributed by atoms with Crippen LogP contribution in [-0.4, -0.2) is 55.4 Å². The summed E-state index contributed by atoms with van der Waals surface area (Å²) in [6.45, 7) is 8.04. The van der Waals surface area contributed by atoms with Crippen LogP contribution in [0.3, 0.4) is 0 Å². The van der Waals surface area contributed by atoms with E-state index in [0.29, 0.717) is 19.0 Å². The molecule has 0 saturated heterocycles. The molecule has 6 heteroatoms. The first-order valence-corrected chi connectivity index (χ1v) is 7.55. The van der Waals surface area contributed by atoms with Crippen molar-refractivity contribution < 1.29 is 13.5 Å². The summed E-state index contributed by atoms with van der Waals surface area (Å²) in [7, 11) is -1.75. The molecular formula is C11H26N2O3S. The Kier molecular flexibility index (Phi) is 6.61. The van der Waals surface area contributed by atoms with E-state index >= 15 is 0 Å².